The Kier molecular flexibility index (Phi) is 2.45. The molecule has 3 aromatic rings. The predicted molar refractivity (Wildman–Crippen MR) is 74.5 cm³/mol. The van der Waals surface area contributed by atoms with Crippen molar-refractivity contribution in [2.24, 2.45) is 0 Å². The summed E-state index contributed by atoms with van der Waals surface area (Å²) in [6, 6.07) is 12.7. The van der Waals surface area contributed by atoms with Crippen molar-refractivity contribution in [1.29, 1.82) is 0 Å². The number of hydrogen-bond acceptors (Lipinski definition) is 2. The molecule has 0 spiro atoms. The van der Waals surface area contributed by atoms with E-state index in [0.717, 1.165) is 10.5 Å². The lowest BCUT2D eigenvalue weighted by Crippen LogP contribution is -1.91. The molecule has 0 saturated heterocycles. The Hall–Kier alpha value is -1.67. The van der Waals surface area contributed by atoms with Gasteiger partial charge >= 0.3 is 0 Å². The predicted octanol–water partition coefficient (Wildman–Crippen LogP) is 4.58. The molecule has 3 rings (SSSR count). The molecule has 0 saturated carbocycles. The van der Waals surface area contributed by atoms with Crippen molar-refractivity contribution in [2.75, 3.05) is 0 Å². The van der Waals surface area contributed by atoms with Gasteiger partial charge in [0.1, 0.15) is 4.83 Å². The van der Waals surface area contributed by atoms with Gasteiger partial charge in [-0.3, -0.25) is 0 Å². The highest BCUT2D eigenvalue weighted by molar-refractivity contribution is 7.16. The van der Waals surface area contributed by atoms with Crippen LogP contribution in [0.2, 0.25) is 0 Å². The first-order valence-corrected chi connectivity index (χ1v) is 6.55. The lowest BCUT2D eigenvalue weighted by molar-refractivity contribution is 1.21. The molecular weight excluding hydrogens is 226 g/mol. The summed E-state index contributed by atoms with van der Waals surface area (Å²) in [5.41, 5.74) is 5.01. The number of pyridine rings is 1. The Morgan fingerprint density at radius 3 is 2.53 bits per heavy atom. The van der Waals surface area contributed by atoms with Crippen molar-refractivity contribution in [3.8, 4) is 11.1 Å². The van der Waals surface area contributed by atoms with E-state index >= 15 is 0 Å². The van der Waals surface area contributed by atoms with Gasteiger partial charge in [0.15, 0.2) is 0 Å². The number of aromatic nitrogens is 1. The molecule has 0 bridgehead atoms. The molecular formula is C15H13NS. The number of fused-ring (bicyclic) bond motifs is 1. The maximum Gasteiger partial charge on any atom is 0.124 e. The van der Waals surface area contributed by atoms with E-state index in [-0.39, 0.29) is 0 Å². The standard InChI is InChI=1S/C15H13NS/c1-10-11(2)16-15-13(8-9-17-15)14(10)12-6-4-3-5-7-12/h3-9H,1-2H3. The third-order valence-electron chi connectivity index (χ3n) is 3.16. The van der Waals surface area contributed by atoms with E-state index in [0.29, 0.717) is 0 Å². The van der Waals surface area contributed by atoms with Crippen LogP contribution in [0.3, 0.4) is 0 Å². The molecule has 0 aliphatic rings. The zero-order valence-electron chi connectivity index (χ0n) is 9.90. The summed E-state index contributed by atoms with van der Waals surface area (Å²) in [5, 5.41) is 3.38. The molecule has 0 unspecified atom stereocenters. The van der Waals surface area contributed by atoms with E-state index in [1.165, 1.54) is 22.1 Å². The summed E-state index contributed by atoms with van der Waals surface area (Å²) in [4.78, 5) is 5.77. The molecule has 0 amide bonds. The molecule has 0 radical (unpaired) electrons. The van der Waals surface area contributed by atoms with Crippen molar-refractivity contribution in [3.63, 3.8) is 0 Å². The summed E-state index contributed by atoms with van der Waals surface area (Å²) in [6.07, 6.45) is 0. The molecule has 1 nitrogen and oxygen atoms in total. The second-order valence-electron chi connectivity index (χ2n) is 4.20. The topological polar surface area (TPSA) is 12.9 Å². The molecule has 2 aromatic heterocycles. The molecule has 2 heterocycles. The normalized spacial score (nSPS) is 10.9. The summed E-state index contributed by atoms with van der Waals surface area (Å²) in [7, 11) is 0. The molecule has 1 aromatic carbocycles. The van der Waals surface area contributed by atoms with Crippen LogP contribution in [-0.2, 0) is 0 Å². The Bertz CT molecular complexity index is 668. The largest absolute Gasteiger partial charge is 0.242 e. The smallest absolute Gasteiger partial charge is 0.124 e. The quantitative estimate of drug-likeness (QED) is 0.605. The molecule has 0 aliphatic heterocycles. The molecule has 2 heteroatoms. The van der Waals surface area contributed by atoms with Gasteiger partial charge in [-0.15, -0.1) is 11.3 Å². The monoisotopic (exact) mass is 239 g/mol. The van der Waals surface area contributed by atoms with Crippen LogP contribution in [0.15, 0.2) is 41.8 Å². The lowest BCUT2D eigenvalue weighted by atomic mass is 9.97. The van der Waals surface area contributed by atoms with Crippen LogP contribution < -0.4 is 0 Å². The average molecular weight is 239 g/mol. The molecule has 0 aliphatic carbocycles. The fraction of sp³-hybridized carbons (Fsp3) is 0.133. The van der Waals surface area contributed by atoms with Crippen LogP contribution in [0.1, 0.15) is 11.3 Å². The first kappa shape index (κ1) is 10.5. The van der Waals surface area contributed by atoms with Crippen molar-refractivity contribution >= 4 is 21.6 Å². The number of rotatable bonds is 1. The average Bonchev–Trinajstić information content (AvgIpc) is 2.79. The third-order valence-corrected chi connectivity index (χ3v) is 3.97. The SMILES string of the molecule is Cc1nc2sccc2c(-c2ccccc2)c1C. The highest BCUT2D eigenvalue weighted by Gasteiger charge is 2.11. The minimum atomic E-state index is 1.12. The number of nitrogens with zero attached hydrogens (tertiary/aromatic N) is 1. The van der Waals surface area contributed by atoms with Crippen LogP contribution in [0.25, 0.3) is 21.3 Å². The van der Waals surface area contributed by atoms with Crippen LogP contribution in [-0.4, -0.2) is 4.98 Å². The Morgan fingerprint density at radius 2 is 1.76 bits per heavy atom. The van der Waals surface area contributed by atoms with Crippen LogP contribution in [0, 0.1) is 13.8 Å². The van der Waals surface area contributed by atoms with E-state index in [9.17, 15) is 0 Å². The van der Waals surface area contributed by atoms with Crippen LogP contribution >= 0.6 is 11.3 Å². The highest BCUT2D eigenvalue weighted by Crippen LogP contribution is 2.34. The van der Waals surface area contributed by atoms with E-state index in [1.807, 2.05) is 0 Å². The van der Waals surface area contributed by atoms with Crippen molar-refractivity contribution < 1.29 is 0 Å². The van der Waals surface area contributed by atoms with Gasteiger partial charge < -0.3 is 0 Å². The second kappa shape index (κ2) is 3.97. The van der Waals surface area contributed by atoms with Crippen molar-refractivity contribution in [1.82, 2.24) is 4.98 Å². The zero-order chi connectivity index (χ0) is 11.8. The van der Waals surface area contributed by atoms with Crippen LogP contribution in [0.4, 0.5) is 0 Å². The van der Waals surface area contributed by atoms with Gasteiger partial charge in [0.25, 0.3) is 0 Å². The van der Waals surface area contributed by atoms with Gasteiger partial charge in [-0.25, -0.2) is 4.98 Å². The van der Waals surface area contributed by atoms with Gasteiger partial charge in [0, 0.05) is 11.1 Å². The van der Waals surface area contributed by atoms with E-state index in [1.54, 1.807) is 11.3 Å². The summed E-state index contributed by atoms with van der Waals surface area (Å²) in [5.74, 6) is 0. The summed E-state index contributed by atoms with van der Waals surface area (Å²) < 4.78 is 0. The first-order valence-electron chi connectivity index (χ1n) is 5.67. The fourth-order valence-corrected chi connectivity index (χ4v) is 2.99. The van der Waals surface area contributed by atoms with Crippen molar-refractivity contribution in [3.05, 3.63) is 53.0 Å². The first-order chi connectivity index (χ1) is 8.27. The van der Waals surface area contributed by atoms with Crippen LogP contribution in [0.5, 0.6) is 0 Å². The number of hydrogen-bond donors (Lipinski definition) is 0. The molecule has 0 N–H and O–H groups in total. The molecule has 0 atom stereocenters. The maximum absolute atomic E-state index is 4.64. The molecule has 0 fully saturated rings. The zero-order valence-corrected chi connectivity index (χ0v) is 10.7. The van der Waals surface area contributed by atoms with Crippen molar-refractivity contribution in [2.45, 2.75) is 13.8 Å². The lowest BCUT2D eigenvalue weighted by Gasteiger charge is -2.10. The number of benzene rings is 1. The van der Waals surface area contributed by atoms with Gasteiger partial charge in [-0.05, 0) is 42.0 Å². The van der Waals surface area contributed by atoms with E-state index in [4.69, 9.17) is 0 Å². The van der Waals surface area contributed by atoms with E-state index < -0.39 is 0 Å². The van der Waals surface area contributed by atoms with Gasteiger partial charge in [-0.2, -0.15) is 0 Å². The summed E-state index contributed by atoms with van der Waals surface area (Å²) in [6.45, 7) is 4.24. The molecule has 17 heavy (non-hydrogen) atoms. The summed E-state index contributed by atoms with van der Waals surface area (Å²) >= 11 is 1.71. The maximum atomic E-state index is 4.64. The Morgan fingerprint density at radius 1 is 1.00 bits per heavy atom. The number of thiophene rings is 1. The molecule has 84 valence electrons. The van der Waals surface area contributed by atoms with Gasteiger partial charge in [0.2, 0.25) is 0 Å². The second-order valence-corrected chi connectivity index (χ2v) is 5.10. The number of aryl methyl sites for hydroxylation is 1. The fourth-order valence-electron chi connectivity index (χ4n) is 2.17. The third kappa shape index (κ3) is 1.65. The minimum absolute atomic E-state index is 1.12. The van der Waals surface area contributed by atoms with Gasteiger partial charge in [-0.1, -0.05) is 30.3 Å². The van der Waals surface area contributed by atoms with Gasteiger partial charge in [0.05, 0.1) is 0 Å². The minimum Gasteiger partial charge on any atom is -0.242 e. The Balaban J connectivity index is 2.42. The Labute approximate surface area is 105 Å². The highest BCUT2D eigenvalue weighted by atomic mass is 32.1. The van der Waals surface area contributed by atoms with E-state index in [2.05, 4.69) is 60.6 Å².